The molecule has 1 amide bonds. The molecule has 0 aliphatic heterocycles. The lowest BCUT2D eigenvalue weighted by Gasteiger charge is -2.21. The van der Waals surface area contributed by atoms with Crippen LogP contribution in [0.3, 0.4) is 0 Å². The number of methoxy groups -OCH3 is 1. The summed E-state index contributed by atoms with van der Waals surface area (Å²) in [5.41, 5.74) is 3.91. The number of anilines is 1. The molecule has 0 atom stereocenters. The molecule has 13 heteroatoms. The fourth-order valence-corrected chi connectivity index (χ4v) is 5.19. The van der Waals surface area contributed by atoms with E-state index in [9.17, 15) is 13.2 Å². The van der Waals surface area contributed by atoms with Gasteiger partial charge in [0.1, 0.15) is 13.2 Å². The predicted molar refractivity (Wildman–Crippen MR) is 151 cm³/mol. The molecule has 1 N–H and O–H groups in total. The largest absolute Gasteiger partial charge is 0.493 e. The summed E-state index contributed by atoms with van der Waals surface area (Å²) in [6.07, 6.45) is 2.38. The number of halogens is 4. The van der Waals surface area contributed by atoms with E-state index in [-0.39, 0.29) is 12.3 Å². The first kappa shape index (κ1) is 29.1. The Hall–Kier alpha value is -2.50. The van der Waals surface area contributed by atoms with E-state index in [4.69, 9.17) is 44.3 Å². The number of rotatable bonds is 10. The third kappa shape index (κ3) is 8.24. The predicted octanol–water partition coefficient (Wildman–Crippen LogP) is 5.91. The van der Waals surface area contributed by atoms with Crippen LogP contribution in [-0.2, 0) is 21.4 Å². The topological polar surface area (TPSA) is 97.3 Å². The summed E-state index contributed by atoms with van der Waals surface area (Å²) in [6.45, 7) is -0.304. The van der Waals surface area contributed by atoms with Crippen molar-refractivity contribution in [3.05, 3.63) is 85.3 Å². The van der Waals surface area contributed by atoms with Crippen LogP contribution in [0.1, 0.15) is 11.1 Å². The monoisotopic (exact) mass is 647 g/mol. The lowest BCUT2D eigenvalue weighted by atomic mass is 10.2. The van der Waals surface area contributed by atoms with Crippen LogP contribution in [0.5, 0.6) is 11.5 Å². The lowest BCUT2D eigenvalue weighted by molar-refractivity contribution is -0.119. The van der Waals surface area contributed by atoms with Crippen molar-refractivity contribution in [2.45, 2.75) is 6.61 Å². The second-order valence-electron chi connectivity index (χ2n) is 7.60. The summed E-state index contributed by atoms with van der Waals surface area (Å²) in [7, 11) is -2.26. The fourth-order valence-electron chi connectivity index (χ4n) is 3.12. The van der Waals surface area contributed by atoms with E-state index in [0.29, 0.717) is 36.6 Å². The van der Waals surface area contributed by atoms with Crippen molar-refractivity contribution in [2.24, 2.45) is 5.10 Å². The Morgan fingerprint density at radius 1 is 1.11 bits per heavy atom. The van der Waals surface area contributed by atoms with Crippen LogP contribution >= 0.6 is 50.7 Å². The van der Waals surface area contributed by atoms with Crippen LogP contribution in [-0.4, -0.2) is 40.4 Å². The van der Waals surface area contributed by atoms with E-state index >= 15 is 0 Å². The Bertz CT molecular complexity index is 1440. The number of amides is 1. The molecular weight excluding hydrogens is 629 g/mol. The fraction of sp³-hybridized carbons (Fsp3) is 0.167. The molecule has 0 bridgehead atoms. The van der Waals surface area contributed by atoms with Crippen molar-refractivity contribution < 1.29 is 22.7 Å². The number of benzene rings is 3. The highest BCUT2D eigenvalue weighted by atomic mass is 79.9. The van der Waals surface area contributed by atoms with Gasteiger partial charge in [0.15, 0.2) is 11.5 Å². The van der Waals surface area contributed by atoms with Gasteiger partial charge in [0.2, 0.25) is 10.0 Å². The van der Waals surface area contributed by atoms with Crippen molar-refractivity contribution >= 4 is 78.6 Å². The minimum Gasteiger partial charge on any atom is -0.493 e. The molecular formula is C24H21BrCl3N3O5S. The molecule has 0 unspecified atom stereocenters. The van der Waals surface area contributed by atoms with Crippen LogP contribution in [0.15, 0.2) is 64.2 Å². The van der Waals surface area contributed by atoms with E-state index < -0.39 is 22.5 Å². The quantitative estimate of drug-likeness (QED) is 0.218. The third-order valence-corrected chi connectivity index (χ3v) is 7.38. The Morgan fingerprint density at radius 2 is 1.84 bits per heavy atom. The third-order valence-electron chi connectivity index (χ3n) is 4.83. The van der Waals surface area contributed by atoms with Crippen LogP contribution in [0.2, 0.25) is 15.1 Å². The van der Waals surface area contributed by atoms with Gasteiger partial charge in [-0.2, -0.15) is 5.10 Å². The highest BCUT2D eigenvalue weighted by Crippen LogP contribution is 2.37. The highest BCUT2D eigenvalue weighted by Gasteiger charge is 2.21. The molecule has 0 heterocycles. The van der Waals surface area contributed by atoms with Crippen molar-refractivity contribution in [2.75, 3.05) is 24.2 Å². The van der Waals surface area contributed by atoms with E-state index in [1.54, 1.807) is 42.5 Å². The van der Waals surface area contributed by atoms with Crippen molar-refractivity contribution in [3.8, 4) is 11.5 Å². The molecule has 0 aliphatic rings. The van der Waals surface area contributed by atoms with E-state index in [1.165, 1.54) is 25.5 Å². The number of sulfonamides is 1. The van der Waals surface area contributed by atoms with Gasteiger partial charge in [-0.1, -0.05) is 46.9 Å². The number of carbonyl (C=O) groups excluding carboxylic acids is 1. The summed E-state index contributed by atoms with van der Waals surface area (Å²) < 4.78 is 37.3. The van der Waals surface area contributed by atoms with Crippen LogP contribution in [0.4, 0.5) is 5.69 Å². The van der Waals surface area contributed by atoms with Gasteiger partial charge in [-0.05, 0) is 64.0 Å². The number of hydrazone groups is 1. The second-order valence-corrected chi connectivity index (χ2v) is 11.6. The van der Waals surface area contributed by atoms with E-state index in [2.05, 4.69) is 26.5 Å². The average molecular weight is 650 g/mol. The number of carbonyl (C=O) groups is 1. The number of hydrogen-bond acceptors (Lipinski definition) is 6. The standard InChI is InChI=1S/C24H21BrCl3N3O5S/c1-35-22-9-15(8-20(25)24(22)36-14-16-6-7-18(27)11-21(16)28)12-29-30-23(32)13-31(37(2,33)34)19-5-3-4-17(26)10-19/h3-12H,13-14H2,1-2H3,(H,30,32)/b29-12-. The zero-order valence-corrected chi connectivity index (χ0v) is 24.2. The maximum atomic E-state index is 12.4. The maximum absolute atomic E-state index is 12.4. The minimum absolute atomic E-state index is 0.178. The first-order chi connectivity index (χ1) is 17.5. The van der Waals surface area contributed by atoms with Gasteiger partial charge in [0, 0.05) is 20.6 Å². The molecule has 3 aromatic rings. The van der Waals surface area contributed by atoms with Gasteiger partial charge in [0.25, 0.3) is 5.91 Å². The Morgan fingerprint density at radius 3 is 2.49 bits per heavy atom. The van der Waals surface area contributed by atoms with Gasteiger partial charge in [-0.25, -0.2) is 13.8 Å². The lowest BCUT2D eigenvalue weighted by Crippen LogP contribution is -2.39. The Kier molecular flexibility index (Phi) is 10.1. The molecule has 0 spiro atoms. The molecule has 0 aromatic heterocycles. The Labute approximate surface area is 238 Å². The summed E-state index contributed by atoms with van der Waals surface area (Å²) in [5.74, 6) is 0.212. The molecule has 0 saturated carbocycles. The molecule has 3 rings (SSSR count). The first-order valence-corrected chi connectivity index (χ1v) is 14.2. The highest BCUT2D eigenvalue weighted by molar-refractivity contribution is 9.10. The van der Waals surface area contributed by atoms with Gasteiger partial charge in [0.05, 0.1) is 29.7 Å². The molecule has 37 heavy (non-hydrogen) atoms. The van der Waals surface area contributed by atoms with Crippen molar-refractivity contribution in [1.82, 2.24) is 5.43 Å². The average Bonchev–Trinajstić information content (AvgIpc) is 2.82. The first-order valence-electron chi connectivity index (χ1n) is 10.5. The number of nitrogens with zero attached hydrogens (tertiary/aromatic N) is 2. The molecule has 8 nitrogen and oxygen atoms in total. The van der Waals surface area contributed by atoms with Crippen LogP contribution in [0.25, 0.3) is 0 Å². The van der Waals surface area contributed by atoms with Gasteiger partial charge >= 0.3 is 0 Å². The zero-order chi connectivity index (χ0) is 27.2. The van der Waals surface area contributed by atoms with Gasteiger partial charge in [-0.3, -0.25) is 9.10 Å². The number of nitrogens with one attached hydrogen (secondary N) is 1. The summed E-state index contributed by atoms with van der Waals surface area (Å²) in [5, 5.41) is 5.27. The normalized spacial score (nSPS) is 11.4. The summed E-state index contributed by atoms with van der Waals surface area (Å²) in [6, 6.07) is 14.7. The SMILES string of the molecule is COc1cc(/C=N\NC(=O)CN(c2cccc(Cl)c2)S(C)(=O)=O)cc(Br)c1OCc1ccc(Cl)cc1Cl. The van der Waals surface area contributed by atoms with Gasteiger partial charge < -0.3 is 9.47 Å². The van der Waals surface area contributed by atoms with E-state index in [0.717, 1.165) is 16.1 Å². The minimum atomic E-state index is -3.75. The molecule has 3 aromatic carbocycles. The Balaban J connectivity index is 1.69. The van der Waals surface area contributed by atoms with Crippen LogP contribution < -0.4 is 19.2 Å². The van der Waals surface area contributed by atoms with Crippen molar-refractivity contribution in [3.63, 3.8) is 0 Å². The molecule has 0 saturated heterocycles. The molecule has 0 aliphatic carbocycles. The van der Waals surface area contributed by atoms with Crippen LogP contribution in [0, 0.1) is 0 Å². The molecule has 0 radical (unpaired) electrons. The van der Waals surface area contributed by atoms with Gasteiger partial charge in [-0.15, -0.1) is 0 Å². The summed E-state index contributed by atoms with van der Waals surface area (Å²) in [4.78, 5) is 12.4. The van der Waals surface area contributed by atoms with Crippen molar-refractivity contribution in [1.29, 1.82) is 0 Å². The number of hydrogen-bond donors (Lipinski definition) is 1. The summed E-state index contributed by atoms with van der Waals surface area (Å²) >= 11 is 21.6. The van der Waals surface area contributed by atoms with E-state index in [1.807, 2.05) is 0 Å². The number of ether oxygens (including phenoxy) is 2. The molecule has 196 valence electrons. The maximum Gasteiger partial charge on any atom is 0.260 e. The zero-order valence-electron chi connectivity index (χ0n) is 19.5. The second kappa shape index (κ2) is 12.8. The molecule has 0 fully saturated rings. The smallest absolute Gasteiger partial charge is 0.260 e.